The van der Waals surface area contributed by atoms with Crippen molar-refractivity contribution in [2.24, 2.45) is 0 Å². The largest absolute Gasteiger partial charge is 0.492 e. The lowest BCUT2D eigenvalue weighted by Crippen LogP contribution is -2.33. The van der Waals surface area contributed by atoms with Crippen LogP contribution in [0.1, 0.15) is 24.8 Å². The van der Waals surface area contributed by atoms with E-state index in [0.29, 0.717) is 6.61 Å². The average Bonchev–Trinajstić information content (AvgIpc) is 2.39. The van der Waals surface area contributed by atoms with E-state index in [4.69, 9.17) is 4.74 Å². The van der Waals surface area contributed by atoms with E-state index in [1.807, 2.05) is 0 Å². The zero-order valence-corrected chi connectivity index (χ0v) is 10.7. The molecule has 2 rings (SSSR count). The Labute approximate surface area is 111 Å². The van der Waals surface area contributed by atoms with E-state index in [1.165, 1.54) is 25.3 Å². The second kappa shape index (κ2) is 6.28. The summed E-state index contributed by atoms with van der Waals surface area (Å²) in [6.45, 7) is 3.33. The molecule has 0 N–H and O–H groups in total. The Kier molecular flexibility index (Phi) is 4.69. The minimum Gasteiger partial charge on any atom is -0.492 e. The number of nitrogens with zero attached hydrogens (tertiary/aromatic N) is 1. The lowest BCUT2D eigenvalue weighted by atomic mass is 10.1. The quantitative estimate of drug-likeness (QED) is 0.831. The minimum atomic E-state index is -4.31. The third-order valence-corrected chi connectivity index (χ3v) is 3.29. The third kappa shape index (κ3) is 4.42. The molecule has 5 heteroatoms. The molecule has 0 saturated carbocycles. The van der Waals surface area contributed by atoms with Gasteiger partial charge in [-0.2, -0.15) is 13.2 Å². The van der Waals surface area contributed by atoms with Gasteiger partial charge in [-0.25, -0.2) is 0 Å². The molecule has 1 heterocycles. The highest BCUT2D eigenvalue weighted by Crippen LogP contribution is 2.31. The van der Waals surface area contributed by atoms with Crippen LogP contribution in [-0.4, -0.2) is 31.1 Å². The first-order valence-corrected chi connectivity index (χ1v) is 6.58. The maximum absolute atomic E-state index is 12.5. The van der Waals surface area contributed by atoms with Crippen molar-refractivity contribution in [1.82, 2.24) is 4.90 Å². The third-order valence-electron chi connectivity index (χ3n) is 3.29. The molecule has 0 unspecified atom stereocenters. The first-order valence-electron chi connectivity index (χ1n) is 6.58. The fourth-order valence-electron chi connectivity index (χ4n) is 2.24. The van der Waals surface area contributed by atoms with E-state index in [-0.39, 0.29) is 5.75 Å². The van der Waals surface area contributed by atoms with Gasteiger partial charge in [0.25, 0.3) is 0 Å². The van der Waals surface area contributed by atoms with Gasteiger partial charge in [0.1, 0.15) is 12.4 Å². The van der Waals surface area contributed by atoms with E-state index in [1.54, 1.807) is 6.07 Å². The zero-order valence-electron chi connectivity index (χ0n) is 10.7. The summed E-state index contributed by atoms with van der Waals surface area (Å²) < 4.78 is 43.0. The topological polar surface area (TPSA) is 12.5 Å². The molecular weight excluding hydrogens is 255 g/mol. The number of rotatable bonds is 4. The molecule has 1 fully saturated rings. The second-order valence-corrected chi connectivity index (χ2v) is 4.78. The number of hydrogen-bond donors (Lipinski definition) is 0. The van der Waals surface area contributed by atoms with Crippen molar-refractivity contribution >= 4 is 0 Å². The zero-order chi connectivity index (χ0) is 13.7. The van der Waals surface area contributed by atoms with Crippen molar-refractivity contribution in [3.8, 4) is 5.75 Å². The van der Waals surface area contributed by atoms with Gasteiger partial charge in [0.15, 0.2) is 0 Å². The number of likely N-dealkylation sites (tertiary alicyclic amines) is 1. The van der Waals surface area contributed by atoms with E-state index in [0.717, 1.165) is 31.8 Å². The van der Waals surface area contributed by atoms with Gasteiger partial charge in [0, 0.05) is 6.54 Å². The summed E-state index contributed by atoms with van der Waals surface area (Å²) >= 11 is 0. The molecule has 1 saturated heterocycles. The Morgan fingerprint density at radius 2 is 1.84 bits per heavy atom. The number of piperidine rings is 1. The summed E-state index contributed by atoms with van der Waals surface area (Å²) in [4.78, 5) is 2.29. The standard InChI is InChI=1S/C14H18F3NO/c15-14(16,17)12-5-4-6-13(11-12)19-10-9-18-7-2-1-3-8-18/h4-6,11H,1-3,7-10H2. The van der Waals surface area contributed by atoms with Crippen LogP contribution in [0.2, 0.25) is 0 Å². The molecule has 106 valence electrons. The number of ether oxygens (including phenoxy) is 1. The van der Waals surface area contributed by atoms with Crippen LogP contribution in [0.25, 0.3) is 0 Å². The number of halogens is 3. The van der Waals surface area contributed by atoms with Crippen molar-refractivity contribution in [2.75, 3.05) is 26.2 Å². The van der Waals surface area contributed by atoms with Gasteiger partial charge in [-0.15, -0.1) is 0 Å². The second-order valence-electron chi connectivity index (χ2n) is 4.78. The van der Waals surface area contributed by atoms with Gasteiger partial charge < -0.3 is 4.74 Å². The highest BCUT2D eigenvalue weighted by atomic mass is 19.4. The predicted molar refractivity (Wildman–Crippen MR) is 67.2 cm³/mol. The van der Waals surface area contributed by atoms with Crippen LogP contribution in [0.15, 0.2) is 24.3 Å². The molecule has 1 aliphatic rings. The summed E-state index contributed by atoms with van der Waals surface area (Å²) in [5.74, 6) is 0.284. The van der Waals surface area contributed by atoms with E-state index >= 15 is 0 Å². The highest BCUT2D eigenvalue weighted by Gasteiger charge is 2.30. The van der Waals surface area contributed by atoms with Gasteiger partial charge in [-0.1, -0.05) is 12.5 Å². The Balaban J connectivity index is 1.82. The van der Waals surface area contributed by atoms with Crippen LogP contribution in [0.5, 0.6) is 5.75 Å². The van der Waals surface area contributed by atoms with Gasteiger partial charge in [0.2, 0.25) is 0 Å². The Bertz CT molecular complexity index is 400. The molecule has 1 aliphatic heterocycles. The van der Waals surface area contributed by atoms with Crippen molar-refractivity contribution in [3.05, 3.63) is 29.8 Å². The lowest BCUT2D eigenvalue weighted by molar-refractivity contribution is -0.137. The monoisotopic (exact) mass is 273 g/mol. The number of alkyl halides is 3. The average molecular weight is 273 g/mol. The van der Waals surface area contributed by atoms with Crippen molar-refractivity contribution in [1.29, 1.82) is 0 Å². The molecule has 0 radical (unpaired) electrons. The molecule has 0 aliphatic carbocycles. The first kappa shape index (κ1) is 14.2. The molecule has 0 spiro atoms. The molecule has 2 nitrogen and oxygen atoms in total. The maximum Gasteiger partial charge on any atom is 0.416 e. The van der Waals surface area contributed by atoms with E-state index < -0.39 is 11.7 Å². The molecule has 1 aromatic carbocycles. The van der Waals surface area contributed by atoms with Crippen LogP contribution < -0.4 is 4.74 Å². The number of hydrogen-bond acceptors (Lipinski definition) is 2. The Morgan fingerprint density at radius 1 is 1.11 bits per heavy atom. The van der Waals surface area contributed by atoms with Gasteiger partial charge in [0.05, 0.1) is 5.56 Å². The smallest absolute Gasteiger partial charge is 0.416 e. The fraction of sp³-hybridized carbons (Fsp3) is 0.571. The summed E-state index contributed by atoms with van der Waals surface area (Å²) in [5, 5.41) is 0. The summed E-state index contributed by atoms with van der Waals surface area (Å²) in [7, 11) is 0. The Morgan fingerprint density at radius 3 is 2.53 bits per heavy atom. The van der Waals surface area contributed by atoms with Crippen LogP contribution in [-0.2, 0) is 6.18 Å². The minimum absolute atomic E-state index is 0.284. The molecule has 0 amide bonds. The van der Waals surface area contributed by atoms with Crippen molar-refractivity contribution in [3.63, 3.8) is 0 Å². The highest BCUT2D eigenvalue weighted by molar-refractivity contribution is 5.30. The summed E-state index contributed by atoms with van der Waals surface area (Å²) in [6, 6.07) is 5.04. The summed E-state index contributed by atoms with van der Waals surface area (Å²) in [6.07, 6.45) is -0.648. The molecular formula is C14H18F3NO. The molecule has 0 bridgehead atoms. The van der Waals surface area contributed by atoms with Crippen LogP contribution in [0, 0.1) is 0 Å². The van der Waals surface area contributed by atoms with Gasteiger partial charge >= 0.3 is 6.18 Å². The Hall–Kier alpha value is -1.23. The fourth-order valence-corrected chi connectivity index (χ4v) is 2.24. The van der Waals surface area contributed by atoms with Gasteiger partial charge in [-0.3, -0.25) is 4.90 Å². The lowest BCUT2D eigenvalue weighted by Gasteiger charge is -2.26. The van der Waals surface area contributed by atoms with Crippen molar-refractivity contribution in [2.45, 2.75) is 25.4 Å². The summed E-state index contributed by atoms with van der Waals surface area (Å²) in [5.41, 5.74) is -0.664. The van der Waals surface area contributed by atoms with Crippen LogP contribution in [0.4, 0.5) is 13.2 Å². The predicted octanol–water partition coefficient (Wildman–Crippen LogP) is 3.57. The van der Waals surface area contributed by atoms with Gasteiger partial charge in [-0.05, 0) is 44.1 Å². The van der Waals surface area contributed by atoms with Crippen LogP contribution >= 0.6 is 0 Å². The van der Waals surface area contributed by atoms with E-state index in [2.05, 4.69) is 4.90 Å². The molecule has 0 atom stereocenters. The van der Waals surface area contributed by atoms with Crippen LogP contribution in [0.3, 0.4) is 0 Å². The normalized spacial score (nSPS) is 17.4. The molecule has 1 aromatic rings. The number of benzene rings is 1. The molecule has 0 aromatic heterocycles. The SMILES string of the molecule is FC(F)(F)c1cccc(OCCN2CCCCC2)c1. The molecule has 19 heavy (non-hydrogen) atoms. The maximum atomic E-state index is 12.5. The van der Waals surface area contributed by atoms with Crippen molar-refractivity contribution < 1.29 is 17.9 Å². The van der Waals surface area contributed by atoms with E-state index in [9.17, 15) is 13.2 Å². The first-order chi connectivity index (χ1) is 9.05.